The molecule has 1 rings (SSSR count). The van der Waals surface area contributed by atoms with Crippen LogP contribution in [0, 0.1) is 0 Å². The molecule has 0 aromatic carbocycles. The molecule has 7 heteroatoms. The standard InChI is InChI=1S/C9H14ClN5O/c1-3-15(2)8(16)5-12-7-4-6(10)13-9(11)14-7/h4H,3,5H2,1-2H3,(H3,11,12,13,14). The van der Waals surface area contributed by atoms with Gasteiger partial charge in [0.25, 0.3) is 0 Å². The average molecular weight is 244 g/mol. The van der Waals surface area contributed by atoms with Crippen molar-refractivity contribution >= 4 is 29.3 Å². The van der Waals surface area contributed by atoms with Gasteiger partial charge >= 0.3 is 0 Å². The Balaban J connectivity index is 2.58. The van der Waals surface area contributed by atoms with Crippen LogP contribution in [0.1, 0.15) is 6.92 Å². The fourth-order valence-electron chi connectivity index (χ4n) is 1.00. The minimum Gasteiger partial charge on any atom is -0.368 e. The molecular formula is C9H14ClN5O. The maximum Gasteiger partial charge on any atom is 0.241 e. The van der Waals surface area contributed by atoms with Crippen LogP contribution in [0.25, 0.3) is 0 Å². The van der Waals surface area contributed by atoms with Crippen LogP contribution in [0.15, 0.2) is 6.07 Å². The Morgan fingerprint density at radius 1 is 1.62 bits per heavy atom. The van der Waals surface area contributed by atoms with Crippen LogP contribution in [0.4, 0.5) is 11.8 Å². The zero-order chi connectivity index (χ0) is 12.1. The van der Waals surface area contributed by atoms with Crippen molar-refractivity contribution in [3.63, 3.8) is 0 Å². The van der Waals surface area contributed by atoms with Gasteiger partial charge in [0.2, 0.25) is 11.9 Å². The third kappa shape index (κ3) is 3.54. The lowest BCUT2D eigenvalue weighted by Gasteiger charge is -2.14. The summed E-state index contributed by atoms with van der Waals surface area (Å²) in [6, 6.07) is 1.51. The van der Waals surface area contributed by atoms with Gasteiger partial charge in [-0.3, -0.25) is 4.79 Å². The van der Waals surface area contributed by atoms with Gasteiger partial charge in [0.15, 0.2) is 0 Å². The first kappa shape index (κ1) is 12.5. The van der Waals surface area contributed by atoms with Crippen LogP contribution in [-0.2, 0) is 4.79 Å². The lowest BCUT2D eigenvalue weighted by molar-refractivity contribution is -0.127. The minimum atomic E-state index is -0.0317. The van der Waals surface area contributed by atoms with Gasteiger partial charge < -0.3 is 16.0 Å². The summed E-state index contributed by atoms with van der Waals surface area (Å²) in [6.07, 6.45) is 0. The van der Waals surface area contributed by atoms with E-state index in [9.17, 15) is 4.79 Å². The number of anilines is 2. The molecule has 16 heavy (non-hydrogen) atoms. The Kier molecular flexibility index (Phi) is 4.30. The molecule has 88 valence electrons. The van der Waals surface area contributed by atoms with Crippen LogP contribution < -0.4 is 11.1 Å². The first-order valence-corrected chi connectivity index (χ1v) is 5.18. The Labute approximate surface area is 98.8 Å². The van der Waals surface area contributed by atoms with Crippen LogP contribution in [0.3, 0.4) is 0 Å². The topological polar surface area (TPSA) is 84.1 Å². The lowest BCUT2D eigenvalue weighted by atomic mass is 10.4. The number of halogens is 1. The van der Waals surface area contributed by atoms with Gasteiger partial charge in [0.05, 0.1) is 6.54 Å². The second-order valence-corrected chi connectivity index (χ2v) is 3.58. The fourth-order valence-corrected chi connectivity index (χ4v) is 1.19. The first-order valence-electron chi connectivity index (χ1n) is 4.80. The van der Waals surface area contributed by atoms with Crippen LogP contribution in [-0.4, -0.2) is 40.9 Å². The predicted octanol–water partition coefficient (Wildman–Crippen LogP) is 0.602. The maximum absolute atomic E-state index is 11.5. The minimum absolute atomic E-state index is 0.0317. The van der Waals surface area contributed by atoms with E-state index in [0.29, 0.717) is 12.4 Å². The molecule has 0 atom stereocenters. The van der Waals surface area contributed by atoms with E-state index in [-0.39, 0.29) is 23.6 Å². The number of carbonyl (C=O) groups is 1. The fraction of sp³-hybridized carbons (Fsp3) is 0.444. The molecule has 1 aromatic rings. The molecule has 3 N–H and O–H groups in total. The van der Waals surface area contributed by atoms with Gasteiger partial charge in [-0.2, -0.15) is 4.98 Å². The molecule has 0 radical (unpaired) electrons. The number of amides is 1. The molecule has 1 amide bonds. The van der Waals surface area contributed by atoms with E-state index in [4.69, 9.17) is 17.3 Å². The van der Waals surface area contributed by atoms with E-state index in [0.717, 1.165) is 0 Å². The third-order valence-corrected chi connectivity index (χ3v) is 2.23. The number of nitrogens with one attached hydrogen (secondary N) is 1. The largest absolute Gasteiger partial charge is 0.368 e. The number of rotatable bonds is 4. The van der Waals surface area contributed by atoms with E-state index in [2.05, 4.69) is 15.3 Å². The Morgan fingerprint density at radius 2 is 2.31 bits per heavy atom. The number of aromatic nitrogens is 2. The Bertz CT molecular complexity index is 364. The molecule has 0 saturated heterocycles. The summed E-state index contributed by atoms with van der Waals surface area (Å²) in [5, 5.41) is 3.08. The second-order valence-electron chi connectivity index (χ2n) is 3.20. The summed E-state index contributed by atoms with van der Waals surface area (Å²) >= 11 is 5.69. The van der Waals surface area contributed by atoms with Crippen LogP contribution in [0.2, 0.25) is 5.15 Å². The number of hydrogen-bond acceptors (Lipinski definition) is 5. The van der Waals surface area contributed by atoms with Crippen molar-refractivity contribution < 1.29 is 4.79 Å². The van der Waals surface area contributed by atoms with Gasteiger partial charge in [-0.15, -0.1) is 0 Å². The molecular weight excluding hydrogens is 230 g/mol. The van der Waals surface area contributed by atoms with Gasteiger partial charge in [0, 0.05) is 19.7 Å². The van der Waals surface area contributed by atoms with Gasteiger partial charge in [-0.05, 0) is 6.92 Å². The molecule has 0 aliphatic rings. The quantitative estimate of drug-likeness (QED) is 0.757. The second kappa shape index (κ2) is 5.50. The first-order chi connectivity index (χ1) is 7.52. The van der Waals surface area contributed by atoms with E-state index in [1.54, 1.807) is 11.9 Å². The summed E-state index contributed by atoms with van der Waals surface area (Å²) in [7, 11) is 1.73. The van der Waals surface area contributed by atoms with Crippen molar-refractivity contribution in [3.05, 3.63) is 11.2 Å². The van der Waals surface area contributed by atoms with Gasteiger partial charge in [-0.25, -0.2) is 4.98 Å². The highest BCUT2D eigenvalue weighted by Gasteiger charge is 2.07. The molecule has 0 unspecified atom stereocenters. The zero-order valence-electron chi connectivity index (χ0n) is 9.20. The highest BCUT2D eigenvalue weighted by molar-refractivity contribution is 6.29. The van der Waals surface area contributed by atoms with Gasteiger partial charge in [0.1, 0.15) is 11.0 Å². The van der Waals surface area contributed by atoms with Crippen LogP contribution in [0.5, 0.6) is 0 Å². The molecule has 6 nitrogen and oxygen atoms in total. The smallest absolute Gasteiger partial charge is 0.241 e. The van der Waals surface area contributed by atoms with Crippen molar-refractivity contribution in [2.45, 2.75) is 6.92 Å². The summed E-state index contributed by atoms with van der Waals surface area (Å²) in [5.74, 6) is 0.484. The maximum atomic E-state index is 11.5. The average Bonchev–Trinajstić information content (AvgIpc) is 2.23. The summed E-state index contributed by atoms with van der Waals surface area (Å²) in [5.41, 5.74) is 5.41. The highest BCUT2D eigenvalue weighted by atomic mass is 35.5. The monoisotopic (exact) mass is 243 g/mol. The van der Waals surface area contributed by atoms with Crippen molar-refractivity contribution in [2.24, 2.45) is 0 Å². The molecule has 0 fully saturated rings. The Morgan fingerprint density at radius 3 is 2.88 bits per heavy atom. The number of hydrogen-bond donors (Lipinski definition) is 2. The molecule has 0 spiro atoms. The normalized spacial score (nSPS) is 9.94. The lowest BCUT2D eigenvalue weighted by Crippen LogP contribution is -2.32. The number of nitrogens with two attached hydrogens (primary N) is 1. The van der Waals surface area contributed by atoms with E-state index in [1.165, 1.54) is 6.07 Å². The Hall–Kier alpha value is -1.56. The van der Waals surface area contributed by atoms with E-state index in [1.807, 2.05) is 6.92 Å². The van der Waals surface area contributed by atoms with Crippen molar-refractivity contribution in [3.8, 4) is 0 Å². The van der Waals surface area contributed by atoms with Crippen molar-refractivity contribution in [1.82, 2.24) is 14.9 Å². The molecule has 0 aliphatic heterocycles. The van der Waals surface area contributed by atoms with Crippen LogP contribution >= 0.6 is 11.6 Å². The van der Waals surface area contributed by atoms with E-state index >= 15 is 0 Å². The van der Waals surface area contributed by atoms with Crippen molar-refractivity contribution in [1.29, 1.82) is 0 Å². The molecule has 1 aromatic heterocycles. The van der Waals surface area contributed by atoms with Gasteiger partial charge in [-0.1, -0.05) is 11.6 Å². The molecule has 1 heterocycles. The molecule has 0 aliphatic carbocycles. The number of nitrogen functional groups attached to an aromatic ring is 1. The zero-order valence-corrected chi connectivity index (χ0v) is 9.95. The number of likely N-dealkylation sites (N-methyl/N-ethyl adjacent to an activating group) is 1. The highest BCUT2D eigenvalue weighted by Crippen LogP contribution is 2.11. The van der Waals surface area contributed by atoms with Crippen molar-refractivity contribution in [2.75, 3.05) is 31.2 Å². The number of nitrogens with zero attached hydrogens (tertiary/aromatic N) is 3. The molecule has 0 bridgehead atoms. The third-order valence-electron chi connectivity index (χ3n) is 2.03. The SMILES string of the molecule is CCN(C)C(=O)CNc1cc(Cl)nc(N)n1. The predicted molar refractivity (Wildman–Crippen MR) is 63.3 cm³/mol. The van der Waals surface area contributed by atoms with E-state index < -0.39 is 0 Å². The number of carbonyl (C=O) groups excluding carboxylic acids is 1. The summed E-state index contributed by atoms with van der Waals surface area (Å²) in [6.45, 7) is 2.71. The molecule has 0 saturated carbocycles. The summed E-state index contributed by atoms with van der Waals surface area (Å²) < 4.78 is 0. The summed E-state index contributed by atoms with van der Waals surface area (Å²) in [4.78, 5) is 20.7.